The summed E-state index contributed by atoms with van der Waals surface area (Å²) >= 11 is 0. The lowest BCUT2D eigenvalue weighted by atomic mass is 9.80. The van der Waals surface area contributed by atoms with Crippen molar-refractivity contribution < 1.29 is 9.47 Å². The predicted molar refractivity (Wildman–Crippen MR) is 75.7 cm³/mol. The molecule has 0 aromatic heterocycles. The van der Waals surface area contributed by atoms with Crippen LogP contribution in [-0.2, 0) is 9.47 Å². The second kappa shape index (κ2) is 4.32. The van der Waals surface area contributed by atoms with Crippen molar-refractivity contribution >= 4 is 0 Å². The lowest BCUT2D eigenvalue weighted by molar-refractivity contribution is -0.311. The van der Waals surface area contributed by atoms with E-state index in [1.165, 1.54) is 12.8 Å². The summed E-state index contributed by atoms with van der Waals surface area (Å²) in [6.07, 6.45) is 2.49. The summed E-state index contributed by atoms with van der Waals surface area (Å²) in [5.41, 5.74) is 1.26. The van der Waals surface area contributed by atoms with Crippen molar-refractivity contribution in [1.82, 2.24) is 0 Å². The Morgan fingerprint density at radius 1 is 1.05 bits per heavy atom. The quantitative estimate of drug-likeness (QED) is 0.749. The van der Waals surface area contributed by atoms with Gasteiger partial charge in [0.1, 0.15) is 0 Å². The van der Waals surface area contributed by atoms with Gasteiger partial charge in [-0.05, 0) is 32.1 Å². The van der Waals surface area contributed by atoms with Gasteiger partial charge < -0.3 is 9.47 Å². The van der Waals surface area contributed by atoms with Crippen molar-refractivity contribution in [2.75, 3.05) is 0 Å². The molecule has 2 aliphatic rings. The first-order valence-corrected chi connectivity index (χ1v) is 7.28. The fourth-order valence-corrected chi connectivity index (χ4v) is 3.64. The molecule has 0 radical (unpaired) electrons. The third-order valence-corrected chi connectivity index (χ3v) is 4.88. The smallest absolute Gasteiger partial charge is 0.184 e. The van der Waals surface area contributed by atoms with E-state index in [4.69, 9.17) is 9.47 Å². The van der Waals surface area contributed by atoms with E-state index in [2.05, 4.69) is 39.8 Å². The highest BCUT2D eigenvalue weighted by Crippen LogP contribution is 2.53. The maximum Gasteiger partial charge on any atom is 0.184 e. The van der Waals surface area contributed by atoms with Crippen LogP contribution in [0.4, 0.5) is 0 Å². The lowest BCUT2D eigenvalue weighted by Crippen LogP contribution is -2.50. The largest absolute Gasteiger partial charge is 0.344 e. The Hall–Kier alpha value is -0.860. The third kappa shape index (κ3) is 2.21. The average molecular weight is 260 g/mol. The van der Waals surface area contributed by atoms with E-state index in [9.17, 15) is 0 Å². The molecule has 0 amide bonds. The SMILES string of the molecule is CC1(C)CC[C@H]2[C@H]1O[C@H](c1ccccc1)OC2(C)C. The molecule has 1 aliphatic heterocycles. The molecule has 1 aromatic rings. The molecule has 0 bridgehead atoms. The van der Waals surface area contributed by atoms with Gasteiger partial charge in [-0.3, -0.25) is 0 Å². The van der Waals surface area contributed by atoms with Crippen LogP contribution in [0.15, 0.2) is 30.3 Å². The molecule has 1 aliphatic carbocycles. The second-order valence-electron chi connectivity index (χ2n) is 7.15. The van der Waals surface area contributed by atoms with E-state index in [0.717, 1.165) is 5.56 Å². The lowest BCUT2D eigenvalue weighted by Gasteiger charge is -2.47. The Morgan fingerprint density at radius 3 is 2.42 bits per heavy atom. The van der Waals surface area contributed by atoms with Crippen LogP contribution in [-0.4, -0.2) is 11.7 Å². The highest BCUT2D eigenvalue weighted by molar-refractivity contribution is 5.17. The van der Waals surface area contributed by atoms with Gasteiger partial charge in [-0.1, -0.05) is 44.2 Å². The van der Waals surface area contributed by atoms with Crippen molar-refractivity contribution in [2.45, 2.75) is 58.5 Å². The van der Waals surface area contributed by atoms with Gasteiger partial charge in [0.2, 0.25) is 0 Å². The van der Waals surface area contributed by atoms with Crippen molar-refractivity contribution in [3.63, 3.8) is 0 Å². The third-order valence-electron chi connectivity index (χ3n) is 4.88. The predicted octanol–water partition coefficient (Wildman–Crippen LogP) is 4.32. The monoisotopic (exact) mass is 260 g/mol. The molecule has 0 N–H and O–H groups in total. The molecule has 0 unspecified atom stereocenters. The molecule has 19 heavy (non-hydrogen) atoms. The number of hydrogen-bond donors (Lipinski definition) is 0. The molecule has 1 saturated heterocycles. The van der Waals surface area contributed by atoms with E-state index in [1.54, 1.807) is 0 Å². The Labute approximate surface area is 116 Å². The van der Waals surface area contributed by atoms with Crippen LogP contribution in [0.2, 0.25) is 0 Å². The highest BCUT2D eigenvalue weighted by Gasteiger charge is 2.54. The molecular formula is C17H24O2. The minimum absolute atomic E-state index is 0.114. The summed E-state index contributed by atoms with van der Waals surface area (Å²) < 4.78 is 12.6. The van der Waals surface area contributed by atoms with Gasteiger partial charge in [0, 0.05) is 11.5 Å². The molecular weight excluding hydrogens is 236 g/mol. The van der Waals surface area contributed by atoms with Gasteiger partial charge >= 0.3 is 0 Å². The van der Waals surface area contributed by atoms with E-state index < -0.39 is 0 Å². The van der Waals surface area contributed by atoms with Crippen molar-refractivity contribution in [3.8, 4) is 0 Å². The van der Waals surface area contributed by atoms with E-state index in [1.807, 2.05) is 18.2 Å². The minimum Gasteiger partial charge on any atom is -0.344 e. The zero-order valence-electron chi connectivity index (χ0n) is 12.3. The summed E-state index contributed by atoms with van der Waals surface area (Å²) in [5, 5.41) is 0. The number of hydrogen-bond acceptors (Lipinski definition) is 2. The standard InChI is InChI=1S/C17H24O2/c1-16(2)11-10-13-14(16)18-15(19-17(13,3)4)12-8-6-5-7-9-12/h5-9,13-15H,10-11H2,1-4H3/t13-,14+,15-/m0/s1. The van der Waals surface area contributed by atoms with Gasteiger partial charge in [-0.2, -0.15) is 0 Å². The molecule has 1 aromatic carbocycles. The molecule has 2 nitrogen and oxygen atoms in total. The first-order chi connectivity index (χ1) is 8.90. The summed E-state index contributed by atoms with van der Waals surface area (Å²) in [5.74, 6) is 0.502. The van der Waals surface area contributed by atoms with Crippen molar-refractivity contribution in [2.24, 2.45) is 11.3 Å². The van der Waals surface area contributed by atoms with E-state index >= 15 is 0 Å². The molecule has 2 fully saturated rings. The highest BCUT2D eigenvalue weighted by atomic mass is 16.7. The summed E-state index contributed by atoms with van der Waals surface area (Å²) in [4.78, 5) is 0. The van der Waals surface area contributed by atoms with Gasteiger partial charge in [0.15, 0.2) is 6.29 Å². The van der Waals surface area contributed by atoms with Crippen LogP contribution in [0, 0.1) is 11.3 Å². The van der Waals surface area contributed by atoms with Gasteiger partial charge in [-0.25, -0.2) is 0 Å². The first-order valence-electron chi connectivity index (χ1n) is 7.28. The molecule has 3 rings (SSSR count). The zero-order valence-corrected chi connectivity index (χ0v) is 12.3. The van der Waals surface area contributed by atoms with Gasteiger partial charge in [0.25, 0.3) is 0 Å². The Bertz CT molecular complexity index is 450. The second-order valence-corrected chi connectivity index (χ2v) is 7.15. The topological polar surface area (TPSA) is 18.5 Å². The fraction of sp³-hybridized carbons (Fsp3) is 0.647. The van der Waals surface area contributed by atoms with Crippen LogP contribution in [0.1, 0.15) is 52.4 Å². The minimum atomic E-state index is -0.227. The van der Waals surface area contributed by atoms with E-state index in [-0.39, 0.29) is 17.3 Å². The number of benzene rings is 1. The molecule has 104 valence electrons. The van der Waals surface area contributed by atoms with Crippen LogP contribution < -0.4 is 0 Å². The van der Waals surface area contributed by atoms with Crippen molar-refractivity contribution in [3.05, 3.63) is 35.9 Å². The summed E-state index contributed by atoms with van der Waals surface area (Å²) in [6, 6.07) is 10.3. The van der Waals surface area contributed by atoms with Gasteiger partial charge in [0.05, 0.1) is 11.7 Å². The molecule has 1 heterocycles. The normalized spacial score (nSPS) is 35.9. The molecule has 3 atom stereocenters. The first kappa shape index (κ1) is 13.1. The van der Waals surface area contributed by atoms with Crippen LogP contribution in [0.5, 0.6) is 0 Å². The van der Waals surface area contributed by atoms with Gasteiger partial charge in [-0.15, -0.1) is 0 Å². The van der Waals surface area contributed by atoms with E-state index in [0.29, 0.717) is 12.0 Å². The fourth-order valence-electron chi connectivity index (χ4n) is 3.64. The summed E-state index contributed by atoms with van der Waals surface area (Å²) in [6.45, 7) is 9.07. The molecule has 2 heteroatoms. The van der Waals surface area contributed by atoms with Crippen LogP contribution in [0.25, 0.3) is 0 Å². The molecule has 0 spiro atoms. The Morgan fingerprint density at radius 2 is 1.74 bits per heavy atom. The number of fused-ring (bicyclic) bond motifs is 1. The van der Waals surface area contributed by atoms with Crippen LogP contribution >= 0.6 is 0 Å². The summed E-state index contributed by atoms with van der Waals surface area (Å²) in [7, 11) is 0. The Balaban J connectivity index is 1.91. The zero-order chi connectivity index (χ0) is 13.7. The molecule has 1 saturated carbocycles. The van der Waals surface area contributed by atoms with Crippen molar-refractivity contribution in [1.29, 1.82) is 0 Å². The average Bonchev–Trinajstić information content (AvgIpc) is 2.67. The Kier molecular flexibility index (Phi) is 2.99. The number of rotatable bonds is 1. The van der Waals surface area contributed by atoms with Crippen LogP contribution in [0.3, 0.4) is 0 Å². The maximum absolute atomic E-state index is 6.33. The number of ether oxygens (including phenoxy) is 2. The maximum atomic E-state index is 6.33.